The number of sulfone groups is 1. The molecular weight excluding hydrogens is 292 g/mol. The van der Waals surface area contributed by atoms with Crippen LogP contribution in [0.25, 0.3) is 0 Å². The van der Waals surface area contributed by atoms with Gasteiger partial charge in [0.25, 0.3) is 10.0 Å². The van der Waals surface area contributed by atoms with Gasteiger partial charge in [-0.15, -0.1) is 5.10 Å². The third-order valence-electron chi connectivity index (χ3n) is 3.54. The second kappa shape index (κ2) is 4.53. The zero-order valence-corrected chi connectivity index (χ0v) is 12.5. The summed E-state index contributed by atoms with van der Waals surface area (Å²) < 4.78 is 50.8. The molecule has 2 rings (SSSR count). The van der Waals surface area contributed by atoms with Crippen LogP contribution in [0, 0.1) is 0 Å². The molecule has 19 heavy (non-hydrogen) atoms. The minimum Gasteiger partial charge on any atom is -0.236 e. The number of aryl methyl sites for hydroxylation is 1. The van der Waals surface area contributed by atoms with Gasteiger partial charge in [-0.1, -0.05) is 5.21 Å². The van der Waals surface area contributed by atoms with Gasteiger partial charge in [0.05, 0.1) is 17.2 Å². The molecule has 108 valence electrons. The zero-order valence-electron chi connectivity index (χ0n) is 10.9. The van der Waals surface area contributed by atoms with Crippen molar-refractivity contribution in [3.63, 3.8) is 0 Å². The molecule has 1 fully saturated rings. The molecule has 1 aliphatic rings. The summed E-state index contributed by atoms with van der Waals surface area (Å²) in [5.74, 6) is -0.164. The first kappa shape index (κ1) is 14.4. The van der Waals surface area contributed by atoms with Crippen LogP contribution in [-0.2, 0) is 26.9 Å². The maximum Gasteiger partial charge on any atom is 0.262 e. The SMILES string of the molecule is CC1C(C)S(=O)(=O)CCN1S(=O)(=O)c1cnnn1C. The number of hydrogen-bond acceptors (Lipinski definition) is 6. The van der Waals surface area contributed by atoms with Crippen LogP contribution >= 0.6 is 0 Å². The highest BCUT2D eigenvalue weighted by Crippen LogP contribution is 2.25. The molecule has 2 heterocycles. The molecule has 0 saturated carbocycles. The van der Waals surface area contributed by atoms with E-state index in [1.165, 1.54) is 18.3 Å². The fourth-order valence-electron chi connectivity index (χ4n) is 2.11. The highest BCUT2D eigenvalue weighted by molar-refractivity contribution is 7.92. The lowest BCUT2D eigenvalue weighted by Gasteiger charge is -2.36. The number of rotatable bonds is 2. The van der Waals surface area contributed by atoms with Crippen molar-refractivity contribution >= 4 is 19.9 Å². The minimum atomic E-state index is -3.77. The van der Waals surface area contributed by atoms with Gasteiger partial charge in [0, 0.05) is 19.6 Å². The van der Waals surface area contributed by atoms with Gasteiger partial charge >= 0.3 is 0 Å². The van der Waals surface area contributed by atoms with Crippen LogP contribution in [0.5, 0.6) is 0 Å². The standard InChI is InChI=1S/C9H16N4O4S2/c1-7-8(2)18(14,15)5-4-13(7)19(16,17)9-6-10-11-12(9)3/h6-8H,4-5H2,1-3H3. The Bertz CT molecular complexity index is 679. The van der Waals surface area contributed by atoms with Gasteiger partial charge in [0.2, 0.25) is 0 Å². The largest absolute Gasteiger partial charge is 0.262 e. The van der Waals surface area contributed by atoms with E-state index in [9.17, 15) is 16.8 Å². The number of sulfonamides is 1. The average Bonchev–Trinajstić information content (AvgIpc) is 2.73. The Morgan fingerprint density at radius 3 is 2.53 bits per heavy atom. The maximum absolute atomic E-state index is 12.5. The topological polar surface area (TPSA) is 102 Å². The van der Waals surface area contributed by atoms with Crippen molar-refractivity contribution < 1.29 is 16.8 Å². The van der Waals surface area contributed by atoms with Crippen molar-refractivity contribution in [3.05, 3.63) is 6.20 Å². The fourth-order valence-corrected chi connectivity index (χ4v) is 5.62. The predicted octanol–water partition coefficient (Wildman–Crippen LogP) is -0.989. The summed E-state index contributed by atoms with van der Waals surface area (Å²) in [5.41, 5.74) is 0. The molecule has 10 heteroatoms. The maximum atomic E-state index is 12.5. The van der Waals surface area contributed by atoms with Crippen molar-refractivity contribution in [2.24, 2.45) is 7.05 Å². The molecule has 2 unspecified atom stereocenters. The summed E-state index contributed by atoms with van der Waals surface area (Å²) in [5, 5.41) is 6.38. The fraction of sp³-hybridized carbons (Fsp3) is 0.778. The Kier molecular flexibility index (Phi) is 3.43. The lowest BCUT2D eigenvalue weighted by molar-refractivity contribution is 0.324. The average molecular weight is 308 g/mol. The molecule has 8 nitrogen and oxygen atoms in total. The summed E-state index contributed by atoms with van der Waals surface area (Å²) in [6.07, 6.45) is 1.16. The Balaban J connectivity index is 2.41. The van der Waals surface area contributed by atoms with Gasteiger partial charge in [0.1, 0.15) is 0 Å². The van der Waals surface area contributed by atoms with Crippen molar-refractivity contribution in [2.75, 3.05) is 12.3 Å². The Labute approximate surface area is 112 Å². The first-order valence-corrected chi connectivity index (χ1v) is 8.91. The zero-order chi connectivity index (χ0) is 14.4. The lowest BCUT2D eigenvalue weighted by atomic mass is 10.2. The van der Waals surface area contributed by atoms with Gasteiger partial charge in [0.15, 0.2) is 14.9 Å². The van der Waals surface area contributed by atoms with Crippen molar-refractivity contribution in [3.8, 4) is 0 Å². The van der Waals surface area contributed by atoms with E-state index in [1.807, 2.05) is 0 Å². The van der Waals surface area contributed by atoms with Crippen molar-refractivity contribution in [1.29, 1.82) is 0 Å². The smallest absolute Gasteiger partial charge is 0.236 e. The van der Waals surface area contributed by atoms with Crippen LogP contribution in [0.3, 0.4) is 0 Å². The van der Waals surface area contributed by atoms with Crippen LogP contribution in [0.1, 0.15) is 13.8 Å². The summed E-state index contributed by atoms with van der Waals surface area (Å²) >= 11 is 0. The summed E-state index contributed by atoms with van der Waals surface area (Å²) in [6.45, 7) is 3.09. The first-order valence-electron chi connectivity index (χ1n) is 5.76. The lowest BCUT2D eigenvalue weighted by Crippen LogP contribution is -2.54. The first-order chi connectivity index (χ1) is 8.68. The third-order valence-corrected chi connectivity index (χ3v) is 7.85. The van der Waals surface area contributed by atoms with E-state index in [0.717, 1.165) is 10.9 Å². The summed E-state index contributed by atoms with van der Waals surface area (Å²) in [4.78, 5) is 0. The van der Waals surface area contributed by atoms with Crippen LogP contribution in [0.4, 0.5) is 0 Å². The molecule has 0 spiro atoms. The van der Waals surface area contributed by atoms with Gasteiger partial charge in [-0.2, -0.15) is 4.31 Å². The predicted molar refractivity (Wildman–Crippen MR) is 67.6 cm³/mol. The highest BCUT2D eigenvalue weighted by atomic mass is 32.2. The molecule has 0 aromatic carbocycles. The quantitative estimate of drug-likeness (QED) is 0.695. The molecule has 1 saturated heterocycles. The van der Waals surface area contributed by atoms with E-state index in [-0.39, 0.29) is 17.3 Å². The second-order valence-electron chi connectivity index (χ2n) is 4.62. The Morgan fingerprint density at radius 1 is 1.37 bits per heavy atom. The second-order valence-corrected chi connectivity index (χ2v) is 8.94. The van der Waals surface area contributed by atoms with E-state index in [2.05, 4.69) is 10.3 Å². The monoisotopic (exact) mass is 308 g/mol. The molecule has 0 amide bonds. The normalized spacial score (nSPS) is 28.4. The highest BCUT2D eigenvalue weighted by Gasteiger charge is 2.42. The van der Waals surface area contributed by atoms with Crippen LogP contribution in [0.15, 0.2) is 11.2 Å². The summed E-state index contributed by atoms with van der Waals surface area (Å²) in [7, 11) is -5.52. The molecule has 0 N–H and O–H groups in total. The van der Waals surface area contributed by atoms with Crippen LogP contribution in [-0.4, -0.2) is 59.7 Å². The molecule has 0 aliphatic carbocycles. The van der Waals surface area contributed by atoms with Gasteiger partial charge < -0.3 is 0 Å². The molecule has 1 aliphatic heterocycles. The molecular formula is C9H16N4O4S2. The molecule has 0 bridgehead atoms. The molecule has 1 aromatic rings. The van der Waals surface area contributed by atoms with E-state index in [1.54, 1.807) is 6.92 Å². The Morgan fingerprint density at radius 2 is 2.00 bits per heavy atom. The third kappa shape index (κ3) is 2.28. The van der Waals surface area contributed by atoms with Crippen molar-refractivity contribution in [1.82, 2.24) is 19.3 Å². The minimum absolute atomic E-state index is 0.0363. The Hall–Kier alpha value is -1.00. The molecule has 0 radical (unpaired) electrons. The number of nitrogens with zero attached hydrogens (tertiary/aromatic N) is 4. The number of hydrogen-bond donors (Lipinski definition) is 0. The van der Waals surface area contributed by atoms with Gasteiger partial charge in [-0.25, -0.2) is 21.5 Å². The van der Waals surface area contributed by atoms with Crippen molar-refractivity contribution in [2.45, 2.75) is 30.2 Å². The van der Waals surface area contributed by atoms with Crippen LogP contribution < -0.4 is 0 Å². The van der Waals surface area contributed by atoms with Gasteiger partial charge in [-0.05, 0) is 13.8 Å². The van der Waals surface area contributed by atoms with E-state index in [0.29, 0.717) is 0 Å². The number of aromatic nitrogens is 3. The molecule has 2 atom stereocenters. The van der Waals surface area contributed by atoms with Gasteiger partial charge in [-0.3, -0.25) is 0 Å². The van der Waals surface area contributed by atoms with E-state index < -0.39 is 31.2 Å². The van der Waals surface area contributed by atoms with E-state index >= 15 is 0 Å². The molecule has 1 aromatic heterocycles. The van der Waals surface area contributed by atoms with Crippen LogP contribution in [0.2, 0.25) is 0 Å². The van der Waals surface area contributed by atoms with E-state index in [4.69, 9.17) is 0 Å². The summed E-state index contributed by atoms with van der Waals surface area (Å²) in [6, 6.07) is -0.612.